The molecule has 0 aliphatic heterocycles. The number of hydrogen-bond donors (Lipinski definition) is 3. The van der Waals surface area contributed by atoms with E-state index < -0.39 is 0 Å². The molecule has 0 unspecified atom stereocenters. The van der Waals surface area contributed by atoms with Crippen LogP contribution in [0.3, 0.4) is 0 Å². The molecule has 0 saturated carbocycles. The molecule has 0 spiro atoms. The number of nitrogens with two attached hydrogens (primary N) is 1. The molecule has 1 aromatic carbocycles. The number of nitrogens with one attached hydrogen (secondary N) is 1. The number of halogens is 1. The number of methoxy groups -OCH3 is 2. The maximum absolute atomic E-state index is 8.55. The first kappa shape index (κ1) is 20.7. The summed E-state index contributed by atoms with van der Waals surface area (Å²) in [6.45, 7) is 1.49. The van der Waals surface area contributed by atoms with Gasteiger partial charge in [0.1, 0.15) is 0 Å². The molecule has 7 nitrogen and oxygen atoms in total. The fourth-order valence-electron chi connectivity index (χ4n) is 1.63. The molecule has 126 valence electrons. The Labute approximate surface area is 147 Å². The maximum atomic E-state index is 8.55. The zero-order valence-electron chi connectivity index (χ0n) is 12.9. The van der Waals surface area contributed by atoms with E-state index in [9.17, 15) is 0 Å². The van der Waals surface area contributed by atoms with Crippen molar-refractivity contribution in [3.8, 4) is 11.5 Å². The number of guanidine groups is 1. The summed E-state index contributed by atoms with van der Waals surface area (Å²) >= 11 is 0. The highest BCUT2D eigenvalue weighted by atomic mass is 127. The molecule has 0 aromatic heterocycles. The van der Waals surface area contributed by atoms with Crippen molar-refractivity contribution in [2.75, 3.05) is 45.9 Å². The van der Waals surface area contributed by atoms with Gasteiger partial charge in [-0.2, -0.15) is 0 Å². The van der Waals surface area contributed by atoms with Gasteiger partial charge in [0.2, 0.25) is 0 Å². The molecular weight excluding hydrogens is 401 g/mol. The molecule has 0 aliphatic carbocycles. The molecule has 4 N–H and O–H groups in total. The third-order valence-electron chi connectivity index (χ3n) is 2.62. The first-order valence-corrected chi connectivity index (χ1v) is 6.68. The quantitative estimate of drug-likeness (QED) is 0.240. The van der Waals surface area contributed by atoms with Crippen LogP contribution in [0.15, 0.2) is 23.2 Å². The molecule has 0 atom stereocenters. The minimum absolute atomic E-state index is 0. The fraction of sp³-hybridized carbons (Fsp3) is 0.500. The van der Waals surface area contributed by atoms with Crippen LogP contribution in [0.2, 0.25) is 0 Å². The zero-order chi connectivity index (χ0) is 15.5. The fourth-order valence-corrected chi connectivity index (χ4v) is 1.63. The molecule has 22 heavy (non-hydrogen) atoms. The van der Waals surface area contributed by atoms with Crippen LogP contribution in [-0.2, 0) is 4.74 Å². The standard InChI is InChI=1S/C14H23N3O4.HI/c1-19-12-5-4-11(10-13(12)20-2)17-14(15)16-6-3-8-21-9-7-18;/h4-5,10,18H,3,6-9H2,1-2H3,(H3,15,16,17);1H. The zero-order valence-corrected chi connectivity index (χ0v) is 15.2. The van der Waals surface area contributed by atoms with E-state index in [0.29, 0.717) is 37.2 Å². The van der Waals surface area contributed by atoms with Gasteiger partial charge in [-0.3, -0.25) is 4.99 Å². The summed E-state index contributed by atoms with van der Waals surface area (Å²) < 4.78 is 15.5. The van der Waals surface area contributed by atoms with Gasteiger partial charge in [-0.05, 0) is 18.6 Å². The number of rotatable bonds is 9. The summed E-state index contributed by atoms with van der Waals surface area (Å²) in [7, 11) is 3.16. The van der Waals surface area contributed by atoms with E-state index in [1.54, 1.807) is 26.4 Å². The van der Waals surface area contributed by atoms with Gasteiger partial charge < -0.3 is 30.4 Å². The first-order chi connectivity index (χ1) is 10.2. The van der Waals surface area contributed by atoms with Crippen LogP contribution in [0.25, 0.3) is 0 Å². The maximum Gasteiger partial charge on any atom is 0.193 e. The van der Waals surface area contributed by atoms with E-state index in [2.05, 4.69) is 10.3 Å². The SMILES string of the molecule is COc1ccc(NC(N)=NCCCOCCO)cc1OC.I. The molecule has 8 heteroatoms. The molecule has 1 aromatic rings. The highest BCUT2D eigenvalue weighted by Gasteiger charge is 2.04. The Morgan fingerprint density at radius 3 is 2.59 bits per heavy atom. The monoisotopic (exact) mass is 425 g/mol. The van der Waals surface area contributed by atoms with Crippen LogP contribution < -0.4 is 20.5 Å². The highest BCUT2D eigenvalue weighted by Crippen LogP contribution is 2.29. The Bertz CT molecular complexity index is 458. The van der Waals surface area contributed by atoms with E-state index in [1.165, 1.54) is 0 Å². The number of anilines is 1. The average molecular weight is 425 g/mol. The largest absolute Gasteiger partial charge is 0.493 e. The number of aliphatic hydroxyl groups excluding tert-OH is 1. The summed E-state index contributed by atoms with van der Waals surface area (Å²) in [5.74, 6) is 1.59. The lowest BCUT2D eigenvalue weighted by Gasteiger charge is -2.10. The number of hydrogen-bond acceptors (Lipinski definition) is 5. The van der Waals surface area contributed by atoms with Crippen molar-refractivity contribution in [1.29, 1.82) is 0 Å². The van der Waals surface area contributed by atoms with Gasteiger partial charge in [0.05, 0.1) is 27.4 Å². The van der Waals surface area contributed by atoms with E-state index in [0.717, 1.165) is 12.1 Å². The molecule has 0 bridgehead atoms. The van der Waals surface area contributed by atoms with E-state index in [4.69, 9.17) is 25.1 Å². The molecule has 0 saturated heterocycles. The lowest BCUT2D eigenvalue weighted by molar-refractivity contribution is 0.0918. The average Bonchev–Trinajstić information content (AvgIpc) is 2.50. The Hall–Kier alpha value is -1.26. The van der Waals surface area contributed by atoms with Crippen LogP contribution in [0, 0.1) is 0 Å². The molecule has 0 amide bonds. The Morgan fingerprint density at radius 1 is 1.23 bits per heavy atom. The number of aliphatic hydroxyl groups is 1. The smallest absolute Gasteiger partial charge is 0.193 e. The van der Waals surface area contributed by atoms with E-state index in [1.807, 2.05) is 6.07 Å². The number of ether oxygens (including phenoxy) is 3. The van der Waals surface area contributed by atoms with Crippen molar-refractivity contribution in [2.24, 2.45) is 10.7 Å². The van der Waals surface area contributed by atoms with Gasteiger partial charge in [0, 0.05) is 24.9 Å². The van der Waals surface area contributed by atoms with Gasteiger partial charge in [-0.25, -0.2) is 0 Å². The Balaban J connectivity index is 0.00000441. The van der Waals surface area contributed by atoms with Crippen molar-refractivity contribution >= 4 is 35.6 Å². The number of aliphatic imine (C=N–C) groups is 1. The topological polar surface area (TPSA) is 98.3 Å². The normalized spacial score (nSPS) is 10.8. The molecule has 0 radical (unpaired) electrons. The van der Waals surface area contributed by atoms with Gasteiger partial charge in [-0.15, -0.1) is 24.0 Å². The lowest BCUT2D eigenvalue weighted by atomic mass is 10.3. The second kappa shape index (κ2) is 12.3. The van der Waals surface area contributed by atoms with Gasteiger partial charge in [0.25, 0.3) is 0 Å². The minimum atomic E-state index is 0. The summed E-state index contributed by atoms with van der Waals surface area (Å²) in [6, 6.07) is 5.40. The number of nitrogens with zero attached hydrogens (tertiary/aromatic N) is 1. The second-order valence-electron chi connectivity index (χ2n) is 4.15. The second-order valence-corrected chi connectivity index (χ2v) is 4.15. The van der Waals surface area contributed by atoms with Gasteiger partial charge >= 0.3 is 0 Å². The van der Waals surface area contributed by atoms with Crippen molar-refractivity contribution in [2.45, 2.75) is 6.42 Å². The van der Waals surface area contributed by atoms with Crippen molar-refractivity contribution in [1.82, 2.24) is 0 Å². The predicted molar refractivity (Wildman–Crippen MR) is 97.6 cm³/mol. The van der Waals surface area contributed by atoms with Crippen molar-refractivity contribution in [3.63, 3.8) is 0 Å². The van der Waals surface area contributed by atoms with Crippen LogP contribution in [0.5, 0.6) is 11.5 Å². The predicted octanol–water partition coefficient (Wildman–Crippen LogP) is 1.45. The van der Waals surface area contributed by atoms with Crippen LogP contribution in [-0.4, -0.2) is 51.7 Å². The van der Waals surface area contributed by atoms with Crippen LogP contribution in [0.1, 0.15) is 6.42 Å². The van der Waals surface area contributed by atoms with E-state index in [-0.39, 0.29) is 30.6 Å². The highest BCUT2D eigenvalue weighted by molar-refractivity contribution is 14.0. The third kappa shape index (κ3) is 7.66. The van der Waals surface area contributed by atoms with Crippen LogP contribution >= 0.6 is 24.0 Å². The summed E-state index contributed by atoms with van der Waals surface area (Å²) in [6.07, 6.45) is 0.744. The summed E-state index contributed by atoms with van der Waals surface area (Å²) in [5.41, 5.74) is 6.56. The van der Waals surface area contributed by atoms with Gasteiger partial charge in [-0.1, -0.05) is 0 Å². The Morgan fingerprint density at radius 2 is 1.95 bits per heavy atom. The van der Waals surface area contributed by atoms with Crippen LogP contribution in [0.4, 0.5) is 5.69 Å². The van der Waals surface area contributed by atoms with Crippen molar-refractivity contribution < 1.29 is 19.3 Å². The number of benzene rings is 1. The summed E-state index contributed by atoms with van der Waals surface area (Å²) in [4.78, 5) is 4.18. The lowest BCUT2D eigenvalue weighted by Crippen LogP contribution is -2.23. The third-order valence-corrected chi connectivity index (χ3v) is 2.62. The molecule has 0 fully saturated rings. The van der Waals surface area contributed by atoms with Crippen molar-refractivity contribution in [3.05, 3.63) is 18.2 Å². The Kier molecular flexibility index (Phi) is 11.6. The minimum Gasteiger partial charge on any atom is -0.493 e. The van der Waals surface area contributed by atoms with E-state index >= 15 is 0 Å². The molecule has 1 rings (SSSR count). The molecule has 0 aliphatic rings. The molecule has 0 heterocycles. The van der Waals surface area contributed by atoms with Gasteiger partial charge in [0.15, 0.2) is 17.5 Å². The summed E-state index contributed by atoms with van der Waals surface area (Å²) in [5, 5.41) is 11.5. The first-order valence-electron chi connectivity index (χ1n) is 6.68. The molecular formula is C14H24IN3O4.